The first-order valence-electron chi connectivity index (χ1n) is 10.7. The van der Waals surface area contributed by atoms with Crippen LogP contribution >= 0.6 is 0 Å². The van der Waals surface area contributed by atoms with Gasteiger partial charge in [-0.2, -0.15) is 0 Å². The van der Waals surface area contributed by atoms with Crippen LogP contribution in [-0.4, -0.2) is 29.8 Å². The minimum absolute atomic E-state index is 0.0737. The van der Waals surface area contributed by atoms with Crippen molar-refractivity contribution >= 4 is 17.5 Å². The molecule has 0 spiro atoms. The predicted molar refractivity (Wildman–Crippen MR) is 116 cm³/mol. The predicted octanol–water partition coefficient (Wildman–Crippen LogP) is 4.23. The normalized spacial score (nSPS) is 16.7. The van der Waals surface area contributed by atoms with Gasteiger partial charge < -0.3 is 10.6 Å². The van der Waals surface area contributed by atoms with E-state index in [9.17, 15) is 18.4 Å². The molecule has 1 atom stereocenters. The Morgan fingerprint density at radius 3 is 2.52 bits per heavy atom. The summed E-state index contributed by atoms with van der Waals surface area (Å²) in [6.45, 7) is 4.52. The second-order valence-corrected chi connectivity index (χ2v) is 8.19. The van der Waals surface area contributed by atoms with Crippen molar-refractivity contribution < 1.29 is 18.4 Å². The third kappa shape index (κ3) is 7.43. The van der Waals surface area contributed by atoms with Gasteiger partial charge in [0, 0.05) is 38.7 Å². The molecule has 1 saturated heterocycles. The number of hydrogen-bond acceptors (Lipinski definition) is 3. The van der Waals surface area contributed by atoms with Crippen LogP contribution in [-0.2, 0) is 22.7 Å². The molecule has 2 amide bonds. The molecule has 5 nitrogen and oxygen atoms in total. The lowest BCUT2D eigenvalue weighted by Gasteiger charge is -2.32. The van der Waals surface area contributed by atoms with Crippen molar-refractivity contribution in [3.8, 4) is 0 Å². The Balaban J connectivity index is 1.40. The number of nitrogens with zero attached hydrogens (tertiary/aromatic N) is 1. The average molecular weight is 430 g/mol. The Hall–Kier alpha value is -2.80. The lowest BCUT2D eigenvalue weighted by Crippen LogP contribution is -2.35. The molecule has 1 heterocycles. The number of amides is 2. The van der Waals surface area contributed by atoms with Gasteiger partial charge in [0.2, 0.25) is 11.8 Å². The van der Waals surface area contributed by atoms with Gasteiger partial charge in [0.1, 0.15) is 0 Å². The fraction of sp³-hybridized carbons (Fsp3) is 0.417. The summed E-state index contributed by atoms with van der Waals surface area (Å²) in [5, 5.41) is 5.55. The first-order chi connectivity index (χ1) is 14.9. The number of nitrogens with one attached hydrogen (secondary N) is 2. The Bertz CT molecular complexity index is 902. The number of hydrogen-bond donors (Lipinski definition) is 2. The minimum atomic E-state index is -0.904. The van der Waals surface area contributed by atoms with Crippen LogP contribution in [0.2, 0.25) is 0 Å². The van der Waals surface area contributed by atoms with Crippen molar-refractivity contribution in [2.45, 2.75) is 45.7 Å². The molecule has 1 fully saturated rings. The van der Waals surface area contributed by atoms with Gasteiger partial charge in [-0.15, -0.1) is 0 Å². The zero-order chi connectivity index (χ0) is 22.2. The van der Waals surface area contributed by atoms with Gasteiger partial charge in [0.15, 0.2) is 11.6 Å². The van der Waals surface area contributed by atoms with Crippen molar-refractivity contribution in [3.63, 3.8) is 0 Å². The second kappa shape index (κ2) is 11.0. The van der Waals surface area contributed by atoms with Crippen LogP contribution in [0.4, 0.5) is 14.5 Å². The Kier molecular flexibility index (Phi) is 8.12. The molecule has 2 aromatic rings. The molecule has 7 heteroatoms. The monoisotopic (exact) mass is 429 g/mol. The third-order valence-corrected chi connectivity index (χ3v) is 5.54. The molecular weight excluding hydrogens is 400 g/mol. The molecule has 31 heavy (non-hydrogen) atoms. The fourth-order valence-corrected chi connectivity index (χ4v) is 3.96. The first kappa shape index (κ1) is 22.9. The summed E-state index contributed by atoms with van der Waals surface area (Å²) in [4.78, 5) is 25.7. The molecule has 3 rings (SSSR count). The van der Waals surface area contributed by atoms with E-state index in [-0.39, 0.29) is 18.4 Å². The van der Waals surface area contributed by atoms with E-state index in [1.807, 2.05) is 24.3 Å². The summed E-state index contributed by atoms with van der Waals surface area (Å²) in [6, 6.07) is 11.5. The fourth-order valence-electron chi connectivity index (χ4n) is 3.96. The molecular formula is C24H29F2N3O2. The number of halogens is 2. The molecule has 0 radical (unpaired) electrons. The molecule has 0 saturated carbocycles. The number of rotatable bonds is 8. The van der Waals surface area contributed by atoms with Crippen LogP contribution in [0.25, 0.3) is 0 Å². The minimum Gasteiger partial charge on any atom is -0.352 e. The van der Waals surface area contributed by atoms with Gasteiger partial charge in [0.25, 0.3) is 0 Å². The van der Waals surface area contributed by atoms with Gasteiger partial charge in [0.05, 0.1) is 0 Å². The smallest absolute Gasteiger partial charge is 0.221 e. The maximum Gasteiger partial charge on any atom is 0.221 e. The van der Waals surface area contributed by atoms with E-state index >= 15 is 0 Å². The molecule has 0 aromatic heterocycles. The molecule has 2 aromatic carbocycles. The van der Waals surface area contributed by atoms with Crippen LogP contribution in [0.1, 0.15) is 43.7 Å². The van der Waals surface area contributed by atoms with Gasteiger partial charge in [-0.25, -0.2) is 8.78 Å². The number of piperidine rings is 1. The number of likely N-dealkylation sites (tertiary alicyclic amines) is 1. The van der Waals surface area contributed by atoms with Crippen LogP contribution < -0.4 is 10.6 Å². The number of carbonyl (C=O) groups is 2. The van der Waals surface area contributed by atoms with Crippen molar-refractivity contribution in [2.24, 2.45) is 5.92 Å². The molecule has 1 aliphatic heterocycles. The number of anilines is 1. The maximum absolute atomic E-state index is 13.2. The highest BCUT2D eigenvalue weighted by Gasteiger charge is 2.20. The summed E-state index contributed by atoms with van der Waals surface area (Å²) in [5.74, 6) is -1.49. The standard InChI is InChI=1S/C24H29F2N3O2/c1-17(30)28-21-8-4-19(5-9-21)16-29-12-2-3-18(15-29)7-11-24(31)27-14-20-6-10-22(25)23(26)13-20/h4-6,8-10,13,18H,2-3,7,11-12,14-16H2,1H3,(H,27,31)(H,28,30). The van der Waals surface area contributed by atoms with E-state index in [0.717, 1.165) is 56.7 Å². The SMILES string of the molecule is CC(=O)Nc1ccc(CN2CCCC(CCC(=O)NCc3ccc(F)c(F)c3)C2)cc1. The quantitative estimate of drug-likeness (QED) is 0.660. The lowest BCUT2D eigenvalue weighted by atomic mass is 9.93. The highest BCUT2D eigenvalue weighted by molar-refractivity contribution is 5.88. The van der Waals surface area contributed by atoms with Crippen LogP contribution in [0, 0.1) is 17.6 Å². The lowest BCUT2D eigenvalue weighted by molar-refractivity contribution is -0.121. The van der Waals surface area contributed by atoms with Gasteiger partial charge in [-0.3, -0.25) is 14.5 Å². The number of benzene rings is 2. The highest BCUT2D eigenvalue weighted by atomic mass is 19.2. The van der Waals surface area contributed by atoms with Crippen LogP contribution in [0.15, 0.2) is 42.5 Å². The van der Waals surface area contributed by atoms with Gasteiger partial charge >= 0.3 is 0 Å². The summed E-state index contributed by atoms with van der Waals surface area (Å²) in [5.41, 5.74) is 2.53. The van der Waals surface area contributed by atoms with Crippen LogP contribution in [0.3, 0.4) is 0 Å². The second-order valence-electron chi connectivity index (χ2n) is 8.19. The summed E-state index contributed by atoms with van der Waals surface area (Å²) < 4.78 is 26.2. The van der Waals surface area contributed by atoms with Crippen molar-refractivity contribution in [1.82, 2.24) is 10.2 Å². The van der Waals surface area contributed by atoms with Gasteiger partial charge in [-0.05, 0) is 67.1 Å². The largest absolute Gasteiger partial charge is 0.352 e. The molecule has 0 aliphatic carbocycles. The molecule has 166 valence electrons. The summed E-state index contributed by atoms with van der Waals surface area (Å²) in [7, 11) is 0. The first-order valence-corrected chi connectivity index (χ1v) is 10.7. The summed E-state index contributed by atoms with van der Waals surface area (Å²) >= 11 is 0. The van der Waals surface area contributed by atoms with E-state index in [2.05, 4.69) is 15.5 Å². The molecule has 2 N–H and O–H groups in total. The van der Waals surface area contributed by atoms with Crippen molar-refractivity contribution in [1.29, 1.82) is 0 Å². The zero-order valence-electron chi connectivity index (χ0n) is 17.8. The maximum atomic E-state index is 13.2. The zero-order valence-corrected chi connectivity index (χ0v) is 17.8. The molecule has 1 aliphatic rings. The van der Waals surface area contributed by atoms with E-state index in [4.69, 9.17) is 0 Å². The average Bonchev–Trinajstić information content (AvgIpc) is 2.74. The molecule has 1 unspecified atom stereocenters. The van der Waals surface area contributed by atoms with E-state index in [1.165, 1.54) is 18.6 Å². The summed E-state index contributed by atoms with van der Waals surface area (Å²) in [6.07, 6.45) is 3.44. The van der Waals surface area contributed by atoms with Crippen LogP contribution in [0.5, 0.6) is 0 Å². The van der Waals surface area contributed by atoms with E-state index < -0.39 is 11.6 Å². The third-order valence-electron chi connectivity index (χ3n) is 5.54. The topological polar surface area (TPSA) is 61.4 Å². The highest BCUT2D eigenvalue weighted by Crippen LogP contribution is 2.23. The van der Waals surface area contributed by atoms with E-state index in [1.54, 1.807) is 0 Å². The Labute approximate surface area is 181 Å². The Morgan fingerprint density at radius 2 is 1.81 bits per heavy atom. The Morgan fingerprint density at radius 1 is 1.06 bits per heavy atom. The van der Waals surface area contributed by atoms with Crippen molar-refractivity contribution in [2.75, 3.05) is 18.4 Å². The van der Waals surface area contributed by atoms with Crippen molar-refractivity contribution in [3.05, 3.63) is 65.2 Å². The number of carbonyl (C=O) groups excluding carboxylic acids is 2. The van der Waals surface area contributed by atoms with Gasteiger partial charge in [-0.1, -0.05) is 18.2 Å². The van der Waals surface area contributed by atoms with E-state index in [0.29, 0.717) is 17.9 Å². The molecule has 0 bridgehead atoms.